The summed E-state index contributed by atoms with van der Waals surface area (Å²) in [5, 5.41) is 13.1. The molecular formula is C12H15N3O. The number of pyridine rings is 1. The molecule has 1 saturated carbocycles. The molecule has 4 heteroatoms. The molecular weight excluding hydrogens is 202 g/mol. The predicted molar refractivity (Wildman–Crippen MR) is 62.4 cm³/mol. The molecule has 84 valence electrons. The number of imidazole rings is 1. The molecule has 0 aromatic carbocycles. The minimum Gasteiger partial charge on any atom is -0.391 e. The molecule has 16 heavy (non-hydrogen) atoms. The normalized spacial score (nSPS) is 17.6. The Morgan fingerprint density at radius 3 is 3.19 bits per heavy atom. The Balaban J connectivity index is 1.75. The highest BCUT2D eigenvalue weighted by molar-refractivity contribution is 5.49. The van der Waals surface area contributed by atoms with Gasteiger partial charge < -0.3 is 10.4 Å². The van der Waals surface area contributed by atoms with E-state index in [1.165, 1.54) is 0 Å². The highest BCUT2D eigenvalue weighted by atomic mass is 16.3. The fourth-order valence-electron chi connectivity index (χ4n) is 1.95. The molecule has 0 saturated heterocycles. The minimum atomic E-state index is -0.223. The van der Waals surface area contributed by atoms with Gasteiger partial charge in [-0.05, 0) is 30.9 Å². The fourth-order valence-corrected chi connectivity index (χ4v) is 1.95. The Bertz CT molecular complexity index is 490. The largest absolute Gasteiger partial charge is 0.391 e. The molecule has 0 radical (unpaired) electrons. The molecule has 2 N–H and O–H groups in total. The quantitative estimate of drug-likeness (QED) is 0.816. The zero-order valence-corrected chi connectivity index (χ0v) is 9.00. The van der Waals surface area contributed by atoms with Crippen LogP contribution in [-0.2, 0) is 0 Å². The SMILES string of the molecule is OC(CNc1cccc2nccn12)C1CC1. The summed E-state index contributed by atoms with van der Waals surface area (Å²) in [6.07, 6.45) is 5.80. The molecule has 3 rings (SSSR count). The Kier molecular flexibility index (Phi) is 2.29. The third-order valence-electron chi connectivity index (χ3n) is 3.09. The number of aliphatic hydroxyl groups excluding tert-OH is 1. The van der Waals surface area contributed by atoms with Crippen LogP contribution in [0.4, 0.5) is 5.82 Å². The van der Waals surface area contributed by atoms with Crippen molar-refractivity contribution in [3.8, 4) is 0 Å². The third-order valence-corrected chi connectivity index (χ3v) is 3.09. The van der Waals surface area contributed by atoms with Gasteiger partial charge in [0.15, 0.2) is 0 Å². The number of anilines is 1. The number of nitrogens with one attached hydrogen (secondary N) is 1. The average molecular weight is 217 g/mol. The smallest absolute Gasteiger partial charge is 0.138 e. The maximum atomic E-state index is 9.79. The summed E-state index contributed by atoms with van der Waals surface area (Å²) in [6, 6.07) is 5.92. The van der Waals surface area contributed by atoms with Crippen molar-refractivity contribution in [2.24, 2.45) is 5.92 Å². The second-order valence-electron chi connectivity index (χ2n) is 4.35. The van der Waals surface area contributed by atoms with Crippen molar-refractivity contribution < 1.29 is 5.11 Å². The van der Waals surface area contributed by atoms with Crippen LogP contribution in [0.3, 0.4) is 0 Å². The van der Waals surface area contributed by atoms with Crippen LogP contribution >= 0.6 is 0 Å². The molecule has 4 nitrogen and oxygen atoms in total. The zero-order chi connectivity index (χ0) is 11.0. The van der Waals surface area contributed by atoms with Gasteiger partial charge in [0.05, 0.1) is 6.10 Å². The summed E-state index contributed by atoms with van der Waals surface area (Å²) in [5.74, 6) is 1.49. The number of aliphatic hydroxyl groups is 1. The van der Waals surface area contributed by atoms with Crippen molar-refractivity contribution in [3.05, 3.63) is 30.6 Å². The molecule has 1 aliphatic carbocycles. The monoisotopic (exact) mass is 217 g/mol. The summed E-state index contributed by atoms with van der Waals surface area (Å²) >= 11 is 0. The molecule has 0 bridgehead atoms. The second kappa shape index (κ2) is 3.79. The molecule has 1 unspecified atom stereocenters. The summed E-state index contributed by atoms with van der Waals surface area (Å²) in [4.78, 5) is 4.21. The zero-order valence-electron chi connectivity index (χ0n) is 9.00. The lowest BCUT2D eigenvalue weighted by Gasteiger charge is -2.12. The summed E-state index contributed by atoms with van der Waals surface area (Å²) in [6.45, 7) is 0.613. The molecule has 1 aliphatic rings. The van der Waals surface area contributed by atoms with Gasteiger partial charge in [0.2, 0.25) is 0 Å². The minimum absolute atomic E-state index is 0.223. The predicted octanol–water partition coefficient (Wildman–Crippen LogP) is 1.52. The van der Waals surface area contributed by atoms with Gasteiger partial charge in [-0.25, -0.2) is 4.98 Å². The lowest BCUT2D eigenvalue weighted by Crippen LogP contribution is -2.22. The molecule has 2 heterocycles. The molecule has 0 aliphatic heterocycles. The van der Waals surface area contributed by atoms with Crippen molar-refractivity contribution >= 4 is 11.5 Å². The van der Waals surface area contributed by atoms with Crippen LogP contribution in [0.25, 0.3) is 5.65 Å². The van der Waals surface area contributed by atoms with Crippen molar-refractivity contribution in [2.45, 2.75) is 18.9 Å². The van der Waals surface area contributed by atoms with Gasteiger partial charge in [0.25, 0.3) is 0 Å². The second-order valence-corrected chi connectivity index (χ2v) is 4.35. The van der Waals surface area contributed by atoms with Gasteiger partial charge in [-0.15, -0.1) is 0 Å². The van der Waals surface area contributed by atoms with Crippen molar-refractivity contribution in [2.75, 3.05) is 11.9 Å². The van der Waals surface area contributed by atoms with E-state index in [1.54, 1.807) is 6.20 Å². The molecule has 0 amide bonds. The van der Waals surface area contributed by atoms with Crippen molar-refractivity contribution in [1.29, 1.82) is 0 Å². The van der Waals surface area contributed by atoms with Crippen LogP contribution in [0.2, 0.25) is 0 Å². The summed E-state index contributed by atoms with van der Waals surface area (Å²) in [7, 11) is 0. The highest BCUT2D eigenvalue weighted by Gasteiger charge is 2.29. The first-order chi connectivity index (χ1) is 7.84. The first-order valence-electron chi connectivity index (χ1n) is 5.68. The van der Waals surface area contributed by atoms with Gasteiger partial charge in [-0.3, -0.25) is 4.40 Å². The van der Waals surface area contributed by atoms with E-state index in [0.717, 1.165) is 24.3 Å². The van der Waals surface area contributed by atoms with Crippen LogP contribution < -0.4 is 5.32 Å². The summed E-state index contributed by atoms with van der Waals surface area (Å²) in [5.41, 5.74) is 0.922. The van der Waals surface area contributed by atoms with Gasteiger partial charge in [-0.1, -0.05) is 6.07 Å². The Hall–Kier alpha value is -1.55. The molecule has 0 spiro atoms. The number of fused-ring (bicyclic) bond motifs is 1. The third kappa shape index (κ3) is 1.76. The van der Waals surface area contributed by atoms with E-state index in [-0.39, 0.29) is 6.10 Å². The Morgan fingerprint density at radius 1 is 1.50 bits per heavy atom. The molecule has 2 aromatic rings. The Labute approximate surface area is 93.9 Å². The first kappa shape index (κ1) is 9.66. The Morgan fingerprint density at radius 2 is 2.38 bits per heavy atom. The number of hydrogen-bond acceptors (Lipinski definition) is 3. The fraction of sp³-hybridized carbons (Fsp3) is 0.417. The van der Waals surface area contributed by atoms with Crippen LogP contribution in [-0.4, -0.2) is 27.1 Å². The number of nitrogens with zero attached hydrogens (tertiary/aromatic N) is 2. The highest BCUT2D eigenvalue weighted by Crippen LogP contribution is 2.32. The number of aromatic nitrogens is 2. The van der Waals surface area contributed by atoms with E-state index in [4.69, 9.17) is 0 Å². The van der Waals surface area contributed by atoms with E-state index in [1.807, 2.05) is 28.8 Å². The lowest BCUT2D eigenvalue weighted by molar-refractivity contribution is 0.164. The van der Waals surface area contributed by atoms with Gasteiger partial charge in [-0.2, -0.15) is 0 Å². The number of rotatable bonds is 4. The van der Waals surface area contributed by atoms with Gasteiger partial charge in [0.1, 0.15) is 11.5 Å². The van der Waals surface area contributed by atoms with Crippen molar-refractivity contribution in [3.63, 3.8) is 0 Å². The molecule has 1 fully saturated rings. The van der Waals surface area contributed by atoms with Crippen LogP contribution in [0, 0.1) is 5.92 Å². The van der Waals surface area contributed by atoms with Crippen LogP contribution in [0.5, 0.6) is 0 Å². The molecule has 1 atom stereocenters. The van der Waals surface area contributed by atoms with E-state index < -0.39 is 0 Å². The maximum absolute atomic E-state index is 9.79. The summed E-state index contributed by atoms with van der Waals surface area (Å²) < 4.78 is 1.99. The lowest BCUT2D eigenvalue weighted by atomic mass is 10.2. The average Bonchev–Trinajstić information content (AvgIpc) is 3.04. The van der Waals surface area contributed by atoms with E-state index in [0.29, 0.717) is 12.5 Å². The topological polar surface area (TPSA) is 49.6 Å². The van der Waals surface area contributed by atoms with Gasteiger partial charge >= 0.3 is 0 Å². The standard InChI is InChI=1S/C12H15N3O/c16-10(9-4-5-9)8-14-12-3-1-2-11-13-6-7-15(11)12/h1-3,6-7,9-10,14,16H,4-5,8H2. The molecule has 2 aromatic heterocycles. The maximum Gasteiger partial charge on any atom is 0.138 e. The van der Waals surface area contributed by atoms with Crippen molar-refractivity contribution in [1.82, 2.24) is 9.38 Å². The van der Waals surface area contributed by atoms with Crippen LogP contribution in [0.1, 0.15) is 12.8 Å². The van der Waals surface area contributed by atoms with E-state index in [9.17, 15) is 5.11 Å². The van der Waals surface area contributed by atoms with Crippen LogP contribution in [0.15, 0.2) is 30.6 Å². The van der Waals surface area contributed by atoms with Gasteiger partial charge in [0, 0.05) is 18.9 Å². The number of hydrogen-bond donors (Lipinski definition) is 2. The van der Waals surface area contributed by atoms with E-state index in [2.05, 4.69) is 10.3 Å². The first-order valence-corrected chi connectivity index (χ1v) is 5.68. The van der Waals surface area contributed by atoms with E-state index >= 15 is 0 Å².